The summed E-state index contributed by atoms with van der Waals surface area (Å²) in [6.45, 7) is 0.185. The summed E-state index contributed by atoms with van der Waals surface area (Å²) < 4.78 is 26.3. The molecule has 112 valence electrons. The lowest BCUT2D eigenvalue weighted by Crippen LogP contribution is -2.38. The lowest BCUT2D eigenvalue weighted by molar-refractivity contribution is -0.384. The van der Waals surface area contributed by atoms with Crippen LogP contribution in [-0.2, 0) is 10.0 Å². The monoisotopic (exact) mass is 321 g/mol. The number of sulfonamides is 1. The number of halogens is 1. The van der Waals surface area contributed by atoms with Crippen molar-refractivity contribution in [2.24, 2.45) is 11.7 Å². The van der Waals surface area contributed by atoms with Gasteiger partial charge >= 0.3 is 0 Å². The quantitative estimate of drug-likeness (QED) is 0.599. The number of rotatable bonds is 6. The Morgan fingerprint density at radius 1 is 1.35 bits per heavy atom. The molecule has 0 saturated heterocycles. The lowest BCUT2D eigenvalue weighted by atomic mass is 10.2. The summed E-state index contributed by atoms with van der Waals surface area (Å²) in [5.41, 5.74) is 5.67. The van der Waals surface area contributed by atoms with Gasteiger partial charge in [0.25, 0.3) is 5.69 Å². The van der Waals surface area contributed by atoms with E-state index < -0.39 is 14.9 Å². The first kappa shape index (κ1) is 16.8. The second kappa shape index (κ2) is 6.49. The fourth-order valence-corrected chi connectivity index (χ4v) is 2.80. The Morgan fingerprint density at radius 2 is 1.90 bits per heavy atom. The topological polar surface area (TPSA) is 115 Å². The van der Waals surface area contributed by atoms with Crippen molar-refractivity contribution in [1.29, 1.82) is 0 Å². The molecule has 0 bridgehead atoms. The summed E-state index contributed by atoms with van der Waals surface area (Å²) in [4.78, 5) is 9.91. The number of benzene rings is 1. The van der Waals surface area contributed by atoms with Crippen molar-refractivity contribution in [3.63, 3.8) is 0 Å². The molecule has 3 N–H and O–H groups in total. The van der Waals surface area contributed by atoms with Crippen molar-refractivity contribution in [2.75, 3.05) is 6.54 Å². The van der Waals surface area contributed by atoms with E-state index in [0.29, 0.717) is 5.92 Å². The molecule has 0 radical (unpaired) electrons. The molecule has 0 amide bonds. The highest BCUT2D eigenvalue weighted by atomic mass is 35.5. The summed E-state index contributed by atoms with van der Waals surface area (Å²) in [7, 11) is -3.66. The molecule has 0 heterocycles. The SMILES string of the molecule is Cl.NC(CNS(=O)(=O)c1ccc([N+](=O)[O-])cc1)C1CC1. The molecule has 0 aliphatic heterocycles. The van der Waals surface area contributed by atoms with Gasteiger partial charge < -0.3 is 5.73 Å². The fraction of sp³-hybridized carbons (Fsp3) is 0.455. The van der Waals surface area contributed by atoms with E-state index in [2.05, 4.69) is 4.72 Å². The van der Waals surface area contributed by atoms with Crippen LogP contribution in [0.5, 0.6) is 0 Å². The first-order valence-corrected chi connectivity index (χ1v) is 7.38. The number of hydrogen-bond acceptors (Lipinski definition) is 5. The van der Waals surface area contributed by atoms with Gasteiger partial charge in [0.15, 0.2) is 0 Å². The normalized spacial score (nSPS) is 16.2. The molecular weight excluding hydrogens is 306 g/mol. The second-order valence-electron chi connectivity index (χ2n) is 4.60. The van der Waals surface area contributed by atoms with Crippen LogP contribution in [0.4, 0.5) is 5.69 Å². The summed E-state index contributed by atoms with van der Waals surface area (Å²) in [6.07, 6.45) is 2.08. The highest BCUT2D eigenvalue weighted by Gasteiger charge is 2.29. The van der Waals surface area contributed by atoms with Crippen molar-refractivity contribution in [1.82, 2.24) is 4.72 Å². The molecule has 1 saturated carbocycles. The van der Waals surface area contributed by atoms with Crippen LogP contribution >= 0.6 is 12.4 Å². The van der Waals surface area contributed by atoms with Crippen LogP contribution in [0.2, 0.25) is 0 Å². The minimum Gasteiger partial charge on any atom is -0.326 e. The summed E-state index contributed by atoms with van der Waals surface area (Å²) in [5.74, 6) is 0.402. The Labute approximate surface area is 123 Å². The molecule has 9 heteroatoms. The van der Waals surface area contributed by atoms with E-state index in [-0.39, 0.29) is 35.6 Å². The zero-order valence-corrected chi connectivity index (χ0v) is 12.2. The van der Waals surface area contributed by atoms with Crippen LogP contribution < -0.4 is 10.5 Å². The van der Waals surface area contributed by atoms with Crippen LogP contribution in [0.25, 0.3) is 0 Å². The second-order valence-corrected chi connectivity index (χ2v) is 6.37. The minimum absolute atomic E-state index is 0. The molecule has 1 aliphatic rings. The Kier molecular flexibility index (Phi) is 5.46. The molecule has 0 spiro atoms. The molecule has 7 nitrogen and oxygen atoms in total. The van der Waals surface area contributed by atoms with Gasteiger partial charge in [-0.25, -0.2) is 13.1 Å². The molecule has 1 aromatic rings. The zero-order chi connectivity index (χ0) is 14.0. The summed E-state index contributed by atoms with van der Waals surface area (Å²) >= 11 is 0. The van der Waals surface area contributed by atoms with Crippen LogP contribution in [0.1, 0.15) is 12.8 Å². The fourth-order valence-electron chi connectivity index (χ4n) is 1.73. The van der Waals surface area contributed by atoms with Crippen molar-refractivity contribution in [3.8, 4) is 0 Å². The van der Waals surface area contributed by atoms with Crippen molar-refractivity contribution >= 4 is 28.1 Å². The number of hydrogen-bond donors (Lipinski definition) is 2. The predicted molar refractivity (Wildman–Crippen MR) is 76.2 cm³/mol. The summed E-state index contributed by atoms with van der Waals surface area (Å²) in [6, 6.07) is 4.57. The lowest BCUT2D eigenvalue weighted by Gasteiger charge is -2.11. The number of non-ortho nitro benzene ring substituents is 1. The first-order valence-electron chi connectivity index (χ1n) is 5.90. The van der Waals surface area contributed by atoms with Gasteiger partial charge in [-0.15, -0.1) is 12.4 Å². The molecule has 1 unspecified atom stereocenters. The first-order chi connectivity index (χ1) is 8.90. The van der Waals surface area contributed by atoms with E-state index in [1.54, 1.807) is 0 Å². The largest absolute Gasteiger partial charge is 0.326 e. The smallest absolute Gasteiger partial charge is 0.269 e. The maximum atomic E-state index is 11.9. The number of nitro benzene ring substituents is 1. The molecule has 1 atom stereocenters. The van der Waals surface area contributed by atoms with Gasteiger partial charge in [-0.05, 0) is 30.9 Å². The molecule has 1 aliphatic carbocycles. The highest BCUT2D eigenvalue weighted by Crippen LogP contribution is 2.31. The van der Waals surface area contributed by atoms with Crippen molar-refractivity contribution < 1.29 is 13.3 Å². The maximum Gasteiger partial charge on any atom is 0.269 e. The van der Waals surface area contributed by atoms with Gasteiger partial charge in [0.2, 0.25) is 10.0 Å². The van der Waals surface area contributed by atoms with E-state index >= 15 is 0 Å². The molecule has 1 aromatic carbocycles. The van der Waals surface area contributed by atoms with Gasteiger partial charge in [0, 0.05) is 24.7 Å². The van der Waals surface area contributed by atoms with Gasteiger partial charge in [-0.3, -0.25) is 10.1 Å². The minimum atomic E-state index is -3.66. The van der Waals surface area contributed by atoms with Gasteiger partial charge in [0.05, 0.1) is 9.82 Å². The standard InChI is InChI=1S/C11H15N3O4S.ClH/c12-11(8-1-2-8)7-13-19(17,18)10-5-3-9(4-6-10)14(15)16;/h3-6,8,11,13H,1-2,7,12H2;1H. The third-order valence-corrected chi connectivity index (χ3v) is 4.53. The highest BCUT2D eigenvalue weighted by molar-refractivity contribution is 7.89. The Bertz CT molecular complexity index is 572. The number of nitrogens with zero attached hydrogens (tertiary/aromatic N) is 1. The Hall–Kier alpha value is -1.22. The zero-order valence-electron chi connectivity index (χ0n) is 10.6. The molecular formula is C11H16ClN3O4S. The summed E-state index contributed by atoms with van der Waals surface area (Å²) in [5, 5.41) is 10.5. The average molecular weight is 322 g/mol. The van der Waals surface area contributed by atoms with Gasteiger partial charge in [0.1, 0.15) is 0 Å². The van der Waals surface area contributed by atoms with Crippen LogP contribution in [0.15, 0.2) is 29.2 Å². The average Bonchev–Trinajstić information content (AvgIpc) is 3.20. The van der Waals surface area contributed by atoms with Crippen LogP contribution in [0.3, 0.4) is 0 Å². The third-order valence-electron chi connectivity index (χ3n) is 3.09. The van der Waals surface area contributed by atoms with Crippen LogP contribution in [-0.4, -0.2) is 25.9 Å². The van der Waals surface area contributed by atoms with Crippen molar-refractivity contribution in [2.45, 2.75) is 23.8 Å². The molecule has 20 heavy (non-hydrogen) atoms. The van der Waals surface area contributed by atoms with Gasteiger partial charge in [-0.1, -0.05) is 0 Å². The van der Waals surface area contributed by atoms with E-state index in [1.165, 1.54) is 12.1 Å². The molecule has 0 aromatic heterocycles. The van der Waals surface area contributed by atoms with Gasteiger partial charge in [-0.2, -0.15) is 0 Å². The van der Waals surface area contributed by atoms with Crippen molar-refractivity contribution in [3.05, 3.63) is 34.4 Å². The predicted octanol–water partition coefficient (Wildman–Crippen LogP) is 1.03. The molecule has 2 rings (SSSR count). The third kappa shape index (κ3) is 4.14. The van der Waals surface area contributed by atoms with E-state index in [0.717, 1.165) is 25.0 Å². The Morgan fingerprint density at radius 3 is 2.35 bits per heavy atom. The maximum absolute atomic E-state index is 11.9. The number of nitrogens with two attached hydrogens (primary N) is 1. The molecule has 1 fully saturated rings. The van der Waals surface area contributed by atoms with E-state index in [4.69, 9.17) is 5.73 Å². The number of nitro groups is 1. The van der Waals surface area contributed by atoms with E-state index in [1.807, 2.05) is 0 Å². The number of nitrogens with one attached hydrogen (secondary N) is 1. The Balaban J connectivity index is 0.00000200. The van der Waals surface area contributed by atoms with Crippen LogP contribution in [0, 0.1) is 16.0 Å². The van der Waals surface area contributed by atoms with E-state index in [9.17, 15) is 18.5 Å².